The Kier molecular flexibility index (Phi) is 3.20. The molecule has 0 saturated heterocycles. The molecule has 0 bridgehead atoms. The predicted molar refractivity (Wildman–Crippen MR) is 57.8 cm³/mol. The number of likely N-dealkylation sites (N-methyl/N-ethyl adjacent to an activating group) is 1. The van der Waals surface area contributed by atoms with Crippen LogP contribution in [0.4, 0.5) is 0 Å². The van der Waals surface area contributed by atoms with E-state index < -0.39 is 0 Å². The van der Waals surface area contributed by atoms with E-state index in [2.05, 4.69) is 0 Å². The summed E-state index contributed by atoms with van der Waals surface area (Å²) >= 11 is 0. The zero-order valence-corrected chi connectivity index (χ0v) is 9.71. The largest absolute Gasteiger partial charge is 0.344 e. The fourth-order valence-electron chi connectivity index (χ4n) is 1.39. The van der Waals surface area contributed by atoms with Crippen molar-refractivity contribution in [2.45, 2.75) is 39.7 Å². The van der Waals surface area contributed by atoms with Crippen LogP contribution in [-0.2, 0) is 4.79 Å². The maximum Gasteiger partial charge on any atom is 0.239 e. The summed E-state index contributed by atoms with van der Waals surface area (Å²) in [5.74, 6) is 0.806. The van der Waals surface area contributed by atoms with Crippen LogP contribution in [0, 0.1) is 11.3 Å². The lowest BCUT2D eigenvalue weighted by molar-refractivity contribution is -0.133. The van der Waals surface area contributed by atoms with Gasteiger partial charge in [0.25, 0.3) is 0 Å². The van der Waals surface area contributed by atoms with Gasteiger partial charge in [0.2, 0.25) is 5.91 Å². The normalized spacial score (nSPS) is 19.2. The lowest BCUT2D eigenvalue weighted by Gasteiger charge is -2.30. The Balaban J connectivity index is 2.45. The van der Waals surface area contributed by atoms with Crippen molar-refractivity contribution in [1.29, 1.82) is 0 Å². The molecule has 0 spiro atoms. The number of amides is 1. The molecule has 3 heteroatoms. The first-order chi connectivity index (χ1) is 6.32. The molecular formula is C11H22N2O. The first kappa shape index (κ1) is 11.5. The lowest BCUT2D eigenvalue weighted by Crippen LogP contribution is -2.49. The van der Waals surface area contributed by atoms with E-state index in [0.717, 1.165) is 12.5 Å². The van der Waals surface area contributed by atoms with E-state index in [1.165, 1.54) is 12.8 Å². The molecule has 2 N–H and O–H groups in total. The van der Waals surface area contributed by atoms with Crippen molar-refractivity contribution in [3.63, 3.8) is 0 Å². The summed E-state index contributed by atoms with van der Waals surface area (Å²) in [7, 11) is 1.85. The molecule has 0 radical (unpaired) electrons. The van der Waals surface area contributed by atoms with Gasteiger partial charge in [0, 0.05) is 13.6 Å². The van der Waals surface area contributed by atoms with Gasteiger partial charge in [-0.2, -0.15) is 0 Å². The Morgan fingerprint density at radius 1 is 1.50 bits per heavy atom. The fourth-order valence-corrected chi connectivity index (χ4v) is 1.39. The highest BCUT2D eigenvalue weighted by Gasteiger charge is 2.32. The van der Waals surface area contributed by atoms with E-state index >= 15 is 0 Å². The summed E-state index contributed by atoms with van der Waals surface area (Å²) in [4.78, 5) is 13.6. The van der Waals surface area contributed by atoms with E-state index in [-0.39, 0.29) is 17.4 Å². The van der Waals surface area contributed by atoms with Gasteiger partial charge in [-0.1, -0.05) is 20.8 Å². The second-order valence-corrected chi connectivity index (χ2v) is 5.51. The van der Waals surface area contributed by atoms with Crippen LogP contribution in [0.15, 0.2) is 0 Å². The van der Waals surface area contributed by atoms with Gasteiger partial charge in [0.1, 0.15) is 0 Å². The maximum atomic E-state index is 11.9. The third-order valence-electron chi connectivity index (χ3n) is 2.80. The van der Waals surface area contributed by atoms with Gasteiger partial charge in [-0.15, -0.1) is 0 Å². The van der Waals surface area contributed by atoms with Crippen LogP contribution in [0.25, 0.3) is 0 Å². The van der Waals surface area contributed by atoms with Crippen LogP contribution >= 0.6 is 0 Å². The molecule has 0 aromatic heterocycles. The number of nitrogens with two attached hydrogens (primary N) is 1. The average molecular weight is 198 g/mol. The Labute approximate surface area is 86.6 Å². The van der Waals surface area contributed by atoms with Crippen molar-refractivity contribution in [3.05, 3.63) is 0 Å². The molecule has 1 atom stereocenters. The van der Waals surface area contributed by atoms with E-state index in [1.807, 2.05) is 27.8 Å². The van der Waals surface area contributed by atoms with Gasteiger partial charge < -0.3 is 10.6 Å². The number of rotatable bonds is 3. The molecule has 1 fully saturated rings. The average Bonchev–Trinajstić information content (AvgIpc) is 2.83. The predicted octanol–water partition coefficient (Wildman–Crippen LogP) is 1.23. The van der Waals surface area contributed by atoms with Gasteiger partial charge in [-0.3, -0.25) is 4.79 Å². The molecule has 1 saturated carbocycles. The monoisotopic (exact) mass is 198 g/mol. The number of carbonyl (C=O) groups excluding carboxylic acids is 1. The van der Waals surface area contributed by atoms with E-state index in [1.54, 1.807) is 4.90 Å². The summed E-state index contributed by atoms with van der Waals surface area (Å²) < 4.78 is 0. The van der Waals surface area contributed by atoms with Crippen molar-refractivity contribution in [2.24, 2.45) is 17.1 Å². The minimum Gasteiger partial charge on any atom is -0.344 e. The van der Waals surface area contributed by atoms with Crippen molar-refractivity contribution in [3.8, 4) is 0 Å². The molecule has 1 aliphatic rings. The van der Waals surface area contributed by atoms with E-state index in [9.17, 15) is 4.79 Å². The van der Waals surface area contributed by atoms with Crippen molar-refractivity contribution in [2.75, 3.05) is 13.6 Å². The second-order valence-electron chi connectivity index (χ2n) is 5.51. The molecule has 3 nitrogen and oxygen atoms in total. The molecule has 0 aromatic rings. The second kappa shape index (κ2) is 3.89. The van der Waals surface area contributed by atoms with Crippen LogP contribution in [0.3, 0.4) is 0 Å². The molecule has 1 rings (SSSR count). The Morgan fingerprint density at radius 2 is 2.00 bits per heavy atom. The van der Waals surface area contributed by atoms with Crippen LogP contribution in [0.1, 0.15) is 33.6 Å². The topological polar surface area (TPSA) is 46.3 Å². The zero-order valence-electron chi connectivity index (χ0n) is 9.71. The fraction of sp³-hybridized carbons (Fsp3) is 0.909. The van der Waals surface area contributed by atoms with Crippen LogP contribution in [0.5, 0.6) is 0 Å². The molecule has 14 heavy (non-hydrogen) atoms. The summed E-state index contributed by atoms with van der Waals surface area (Å²) in [6.07, 6.45) is 2.53. The van der Waals surface area contributed by atoms with Crippen molar-refractivity contribution >= 4 is 5.91 Å². The van der Waals surface area contributed by atoms with Gasteiger partial charge in [-0.25, -0.2) is 0 Å². The summed E-state index contributed by atoms with van der Waals surface area (Å²) in [6.45, 7) is 6.88. The molecule has 1 amide bonds. The third-order valence-corrected chi connectivity index (χ3v) is 2.80. The molecule has 0 unspecified atom stereocenters. The van der Waals surface area contributed by atoms with Gasteiger partial charge >= 0.3 is 0 Å². The minimum absolute atomic E-state index is 0.0735. The summed E-state index contributed by atoms with van der Waals surface area (Å²) in [5.41, 5.74) is 5.76. The number of nitrogens with zero attached hydrogens (tertiary/aromatic N) is 1. The third kappa shape index (κ3) is 2.98. The molecule has 0 heterocycles. The molecule has 0 aliphatic heterocycles. The lowest BCUT2D eigenvalue weighted by atomic mass is 9.86. The number of carbonyl (C=O) groups is 1. The van der Waals surface area contributed by atoms with Gasteiger partial charge in [0.15, 0.2) is 0 Å². The molecular weight excluding hydrogens is 176 g/mol. The van der Waals surface area contributed by atoms with Crippen molar-refractivity contribution < 1.29 is 4.79 Å². The van der Waals surface area contributed by atoms with E-state index in [4.69, 9.17) is 5.73 Å². The highest BCUT2D eigenvalue weighted by molar-refractivity contribution is 5.82. The molecule has 82 valence electrons. The van der Waals surface area contributed by atoms with Crippen LogP contribution in [0.2, 0.25) is 0 Å². The standard InChI is InChI=1S/C11H22N2O/c1-11(2,3)9(12)10(14)13(4)7-8-5-6-8/h8-9H,5-7,12H2,1-4H3/t9-/m0/s1. The molecule has 1 aliphatic carbocycles. The quantitative estimate of drug-likeness (QED) is 0.741. The number of hydrogen-bond acceptors (Lipinski definition) is 2. The van der Waals surface area contributed by atoms with E-state index in [0.29, 0.717) is 0 Å². The summed E-state index contributed by atoms with van der Waals surface area (Å²) in [5, 5.41) is 0. The SMILES string of the molecule is CN(CC1CC1)C(=O)[C@H](N)C(C)(C)C. The molecule has 0 aromatic carbocycles. The first-order valence-corrected chi connectivity index (χ1v) is 5.33. The number of hydrogen-bond donors (Lipinski definition) is 1. The maximum absolute atomic E-state index is 11.9. The minimum atomic E-state index is -0.383. The van der Waals surface area contributed by atoms with Gasteiger partial charge in [-0.05, 0) is 24.2 Å². The Bertz CT molecular complexity index is 216. The first-order valence-electron chi connectivity index (χ1n) is 5.33. The van der Waals surface area contributed by atoms with Crippen molar-refractivity contribution in [1.82, 2.24) is 4.90 Å². The Morgan fingerprint density at radius 3 is 2.36 bits per heavy atom. The highest BCUT2D eigenvalue weighted by atomic mass is 16.2. The highest BCUT2D eigenvalue weighted by Crippen LogP contribution is 2.30. The Hall–Kier alpha value is -0.570. The smallest absolute Gasteiger partial charge is 0.239 e. The summed E-state index contributed by atoms with van der Waals surface area (Å²) in [6, 6.07) is -0.383. The zero-order chi connectivity index (χ0) is 10.9. The van der Waals surface area contributed by atoms with Crippen LogP contribution in [-0.4, -0.2) is 30.4 Å². The van der Waals surface area contributed by atoms with Crippen LogP contribution < -0.4 is 5.73 Å². The van der Waals surface area contributed by atoms with Gasteiger partial charge in [0.05, 0.1) is 6.04 Å².